The van der Waals surface area contributed by atoms with E-state index < -0.39 is 24.0 Å². The summed E-state index contributed by atoms with van der Waals surface area (Å²) < 4.78 is 5.49. The number of nitrogens with one attached hydrogen (secondary N) is 1. The minimum absolute atomic E-state index is 0.0675. The number of ether oxygens (including phenoxy) is 1. The van der Waals surface area contributed by atoms with Crippen LogP contribution < -0.4 is 5.32 Å². The molecule has 2 aromatic carbocycles. The highest BCUT2D eigenvalue weighted by Crippen LogP contribution is 2.44. The molecule has 0 aliphatic heterocycles. The van der Waals surface area contributed by atoms with Crippen molar-refractivity contribution in [2.45, 2.75) is 38.1 Å². The van der Waals surface area contributed by atoms with Gasteiger partial charge in [0.25, 0.3) is 5.91 Å². The number of aliphatic carboxylic acids is 1. The van der Waals surface area contributed by atoms with Crippen molar-refractivity contribution in [1.82, 2.24) is 10.4 Å². The molecule has 8 nitrogen and oxygen atoms in total. The summed E-state index contributed by atoms with van der Waals surface area (Å²) in [6.07, 6.45) is -0.467. The Labute approximate surface area is 187 Å². The van der Waals surface area contributed by atoms with Crippen LogP contribution >= 0.6 is 0 Å². The lowest BCUT2D eigenvalue weighted by Crippen LogP contribution is -2.49. The maximum atomic E-state index is 12.7. The van der Waals surface area contributed by atoms with Gasteiger partial charge in [0.1, 0.15) is 12.6 Å². The van der Waals surface area contributed by atoms with Crippen LogP contribution in [0.1, 0.15) is 43.2 Å². The van der Waals surface area contributed by atoms with E-state index in [1.54, 1.807) is 0 Å². The van der Waals surface area contributed by atoms with Gasteiger partial charge in [-0.2, -0.15) is 0 Å². The average molecular weight is 440 g/mol. The summed E-state index contributed by atoms with van der Waals surface area (Å²) in [5.74, 6) is -1.68. The zero-order chi connectivity index (χ0) is 23.1. The van der Waals surface area contributed by atoms with Gasteiger partial charge >= 0.3 is 12.1 Å². The van der Waals surface area contributed by atoms with E-state index in [2.05, 4.69) is 5.32 Å². The Kier molecular flexibility index (Phi) is 7.83. The predicted octanol–water partition coefficient (Wildman–Crippen LogP) is 3.56. The molecule has 1 unspecified atom stereocenters. The van der Waals surface area contributed by atoms with Crippen molar-refractivity contribution >= 4 is 18.0 Å². The normalized spacial score (nSPS) is 13.1. The van der Waals surface area contributed by atoms with Crippen LogP contribution in [0.5, 0.6) is 0 Å². The summed E-state index contributed by atoms with van der Waals surface area (Å²) in [5.41, 5.74) is 4.38. The van der Waals surface area contributed by atoms with Crippen molar-refractivity contribution in [3.63, 3.8) is 0 Å². The number of carboxylic acids is 1. The monoisotopic (exact) mass is 440 g/mol. The van der Waals surface area contributed by atoms with Crippen LogP contribution in [0.3, 0.4) is 0 Å². The Hall–Kier alpha value is -3.39. The summed E-state index contributed by atoms with van der Waals surface area (Å²) in [5, 5.41) is 12.7. The van der Waals surface area contributed by atoms with E-state index in [4.69, 9.17) is 14.7 Å². The number of hydrogen-bond donors (Lipinski definition) is 2. The molecular formula is C24H28N2O6. The lowest BCUT2D eigenvalue weighted by atomic mass is 9.98. The van der Waals surface area contributed by atoms with Crippen molar-refractivity contribution in [2.75, 3.05) is 20.3 Å². The topological polar surface area (TPSA) is 105 Å². The lowest BCUT2D eigenvalue weighted by molar-refractivity contribution is -0.178. The first kappa shape index (κ1) is 23.3. The lowest BCUT2D eigenvalue weighted by Gasteiger charge is -2.25. The van der Waals surface area contributed by atoms with Gasteiger partial charge in [-0.25, -0.2) is 9.86 Å². The highest BCUT2D eigenvalue weighted by Gasteiger charge is 2.31. The number of hydroxylamine groups is 2. The molecule has 1 aliphatic rings. The molecule has 1 aliphatic carbocycles. The van der Waals surface area contributed by atoms with Crippen LogP contribution in [-0.4, -0.2) is 54.4 Å². The number of hydrogen-bond acceptors (Lipinski definition) is 5. The number of carbonyl (C=O) groups excluding carboxylic acids is 2. The van der Waals surface area contributed by atoms with Gasteiger partial charge in [0.15, 0.2) is 0 Å². The van der Waals surface area contributed by atoms with E-state index in [0.29, 0.717) is 13.0 Å². The molecule has 8 heteroatoms. The number of amides is 2. The number of carboxylic acid groups (broad SMARTS) is 1. The van der Waals surface area contributed by atoms with E-state index in [1.807, 2.05) is 55.5 Å². The van der Waals surface area contributed by atoms with Crippen molar-refractivity contribution in [1.29, 1.82) is 0 Å². The zero-order valence-electron chi connectivity index (χ0n) is 18.2. The third-order valence-electron chi connectivity index (χ3n) is 5.47. The first-order valence-electron chi connectivity index (χ1n) is 10.6. The highest BCUT2D eigenvalue weighted by molar-refractivity contribution is 5.85. The number of benzene rings is 2. The fraction of sp³-hybridized carbons (Fsp3) is 0.375. The molecule has 0 aromatic heterocycles. The fourth-order valence-electron chi connectivity index (χ4n) is 3.98. The predicted molar refractivity (Wildman–Crippen MR) is 118 cm³/mol. The van der Waals surface area contributed by atoms with Gasteiger partial charge in [0.05, 0.1) is 7.11 Å². The van der Waals surface area contributed by atoms with Crippen LogP contribution in [0.4, 0.5) is 4.79 Å². The molecule has 0 saturated carbocycles. The van der Waals surface area contributed by atoms with E-state index in [1.165, 1.54) is 7.11 Å². The molecule has 0 bridgehead atoms. The van der Waals surface area contributed by atoms with Gasteiger partial charge in [-0.1, -0.05) is 55.5 Å². The number of nitrogens with zero attached hydrogens (tertiary/aromatic N) is 1. The summed E-state index contributed by atoms with van der Waals surface area (Å²) in [4.78, 5) is 41.4. The van der Waals surface area contributed by atoms with Crippen molar-refractivity contribution < 1.29 is 29.1 Å². The molecule has 0 radical (unpaired) electrons. The molecule has 32 heavy (non-hydrogen) atoms. The van der Waals surface area contributed by atoms with Gasteiger partial charge < -0.3 is 15.2 Å². The quantitative estimate of drug-likeness (QED) is 0.548. The number of rotatable bonds is 10. The van der Waals surface area contributed by atoms with Crippen LogP contribution in [0.25, 0.3) is 11.1 Å². The molecule has 0 heterocycles. The highest BCUT2D eigenvalue weighted by atomic mass is 16.7. The molecule has 2 aromatic rings. The summed E-state index contributed by atoms with van der Waals surface area (Å²) in [6, 6.07) is 14.9. The second kappa shape index (κ2) is 10.8. The summed E-state index contributed by atoms with van der Waals surface area (Å²) in [6.45, 7) is 2.30. The fourth-order valence-corrected chi connectivity index (χ4v) is 3.98. The first-order valence-corrected chi connectivity index (χ1v) is 10.6. The van der Waals surface area contributed by atoms with Crippen molar-refractivity contribution in [3.05, 3.63) is 59.7 Å². The SMILES string of the molecule is CCCN(OC)C(=O)C(CCC(=O)O)NC(=O)OCC1c2ccccc2-c2ccccc21. The molecule has 2 amide bonds. The van der Waals surface area contributed by atoms with E-state index in [-0.39, 0.29) is 25.4 Å². The largest absolute Gasteiger partial charge is 0.481 e. The van der Waals surface area contributed by atoms with E-state index in [9.17, 15) is 14.4 Å². The standard InChI is InChI=1S/C24H28N2O6/c1-3-14-26(31-2)23(29)21(12-13-22(27)28)25-24(30)32-15-20-18-10-6-4-8-16(18)17-9-5-7-11-19(17)20/h4-11,20-21H,3,12-15H2,1-2H3,(H,25,30)(H,27,28). The minimum atomic E-state index is -1.06. The van der Waals surface area contributed by atoms with Crippen LogP contribution in [0.15, 0.2) is 48.5 Å². The Balaban J connectivity index is 1.68. The molecule has 0 saturated heterocycles. The number of fused-ring (bicyclic) bond motifs is 3. The summed E-state index contributed by atoms with van der Waals surface area (Å²) in [7, 11) is 1.36. The first-order chi connectivity index (χ1) is 15.5. The van der Waals surface area contributed by atoms with Crippen LogP contribution in [-0.2, 0) is 19.2 Å². The van der Waals surface area contributed by atoms with Gasteiger partial charge in [-0.3, -0.25) is 14.4 Å². The maximum absolute atomic E-state index is 12.7. The average Bonchev–Trinajstić information content (AvgIpc) is 3.12. The molecule has 170 valence electrons. The molecule has 1 atom stereocenters. The van der Waals surface area contributed by atoms with Crippen LogP contribution in [0.2, 0.25) is 0 Å². The Morgan fingerprint density at radius 3 is 2.19 bits per heavy atom. The zero-order valence-corrected chi connectivity index (χ0v) is 18.2. The van der Waals surface area contributed by atoms with E-state index in [0.717, 1.165) is 27.3 Å². The molecule has 2 N–H and O–H groups in total. The number of alkyl carbamates (subject to hydrolysis) is 1. The van der Waals surface area contributed by atoms with Crippen molar-refractivity contribution in [3.8, 4) is 11.1 Å². The number of carbonyl (C=O) groups is 3. The van der Waals surface area contributed by atoms with Gasteiger partial charge in [-0.15, -0.1) is 0 Å². The maximum Gasteiger partial charge on any atom is 0.407 e. The Bertz CT molecular complexity index is 931. The second-order valence-electron chi connectivity index (χ2n) is 7.58. The van der Waals surface area contributed by atoms with Gasteiger partial charge in [0.2, 0.25) is 0 Å². The third kappa shape index (κ3) is 5.26. The smallest absolute Gasteiger partial charge is 0.407 e. The van der Waals surface area contributed by atoms with Crippen LogP contribution in [0, 0.1) is 0 Å². The molecular weight excluding hydrogens is 412 g/mol. The minimum Gasteiger partial charge on any atom is -0.481 e. The Morgan fingerprint density at radius 2 is 1.66 bits per heavy atom. The molecule has 0 fully saturated rings. The third-order valence-corrected chi connectivity index (χ3v) is 5.47. The summed E-state index contributed by atoms with van der Waals surface area (Å²) >= 11 is 0. The van der Waals surface area contributed by atoms with Gasteiger partial charge in [-0.05, 0) is 35.1 Å². The van der Waals surface area contributed by atoms with E-state index >= 15 is 0 Å². The second-order valence-corrected chi connectivity index (χ2v) is 7.58. The van der Waals surface area contributed by atoms with Crippen molar-refractivity contribution in [2.24, 2.45) is 0 Å². The molecule has 3 rings (SSSR count). The van der Waals surface area contributed by atoms with Gasteiger partial charge in [0, 0.05) is 18.9 Å². The Morgan fingerprint density at radius 1 is 1.06 bits per heavy atom. The molecule has 0 spiro atoms.